The quantitative estimate of drug-likeness (QED) is 0.220. The molecule has 1 aliphatic heterocycles. The summed E-state index contributed by atoms with van der Waals surface area (Å²) in [6, 6.07) is 4.83. The van der Waals surface area contributed by atoms with Crippen LogP contribution in [-0.2, 0) is 25.1 Å². The van der Waals surface area contributed by atoms with Crippen LogP contribution >= 0.6 is 0 Å². The molecule has 1 N–H and O–H groups in total. The molecule has 0 aromatic heterocycles. The van der Waals surface area contributed by atoms with Crippen LogP contribution in [0.2, 0.25) is 18.1 Å². The van der Waals surface area contributed by atoms with Gasteiger partial charge in [0.15, 0.2) is 15.1 Å². The molecule has 1 aliphatic rings. The number of fused-ring (bicyclic) bond motifs is 1. The molecule has 1 aromatic rings. The maximum atomic E-state index is 13.0. The molecule has 1 heterocycles. The van der Waals surface area contributed by atoms with Crippen molar-refractivity contribution in [3.63, 3.8) is 0 Å². The third-order valence-electron chi connectivity index (χ3n) is 6.20. The Balaban J connectivity index is 2.24. The summed E-state index contributed by atoms with van der Waals surface area (Å²) in [6.07, 6.45) is 0.524. The lowest BCUT2D eigenvalue weighted by Gasteiger charge is -2.42. The Hall–Kier alpha value is -1.91. The standard InChI is InChI=1S/C24H39NO7Si/c1-8-11-30-23(27)25-20-10-9-19(31-17-29-13-12-28-5)14-18(20)15-22(26)21(25)16-32-33(6,7)24(2,3)4/h8-10,14,21-22,26H,1,11-13,15-17H2,2-7H3/t21-,22+/m1/s1. The summed E-state index contributed by atoms with van der Waals surface area (Å²) in [5.74, 6) is 0.591. The van der Waals surface area contributed by atoms with E-state index in [1.807, 2.05) is 6.07 Å². The Morgan fingerprint density at radius 1 is 1.30 bits per heavy atom. The molecule has 8 nitrogen and oxygen atoms in total. The Labute approximate surface area is 198 Å². The second kappa shape index (κ2) is 12.0. The summed E-state index contributed by atoms with van der Waals surface area (Å²) in [6.45, 7) is 15.7. The van der Waals surface area contributed by atoms with Gasteiger partial charge in [-0.2, -0.15) is 0 Å². The summed E-state index contributed by atoms with van der Waals surface area (Å²) in [4.78, 5) is 14.5. The van der Waals surface area contributed by atoms with Gasteiger partial charge in [-0.1, -0.05) is 33.4 Å². The van der Waals surface area contributed by atoms with Gasteiger partial charge >= 0.3 is 6.09 Å². The number of benzene rings is 1. The fourth-order valence-electron chi connectivity index (χ4n) is 3.20. The van der Waals surface area contributed by atoms with Gasteiger partial charge in [-0.05, 0) is 41.9 Å². The summed E-state index contributed by atoms with van der Waals surface area (Å²) < 4.78 is 27.7. The zero-order valence-electron chi connectivity index (χ0n) is 20.8. The monoisotopic (exact) mass is 481 g/mol. The van der Waals surface area contributed by atoms with Crippen molar-refractivity contribution in [2.75, 3.05) is 45.2 Å². The van der Waals surface area contributed by atoms with Crippen molar-refractivity contribution in [2.45, 2.75) is 57.5 Å². The second-order valence-corrected chi connectivity index (χ2v) is 14.4. The van der Waals surface area contributed by atoms with Gasteiger partial charge in [0, 0.05) is 13.5 Å². The van der Waals surface area contributed by atoms with Crippen LogP contribution < -0.4 is 9.64 Å². The van der Waals surface area contributed by atoms with Crippen LogP contribution in [0.25, 0.3) is 0 Å². The van der Waals surface area contributed by atoms with Crippen LogP contribution in [0.15, 0.2) is 30.9 Å². The maximum absolute atomic E-state index is 13.0. The highest BCUT2D eigenvalue weighted by atomic mass is 28.4. The van der Waals surface area contributed by atoms with E-state index in [-0.39, 0.29) is 25.0 Å². The van der Waals surface area contributed by atoms with E-state index in [9.17, 15) is 9.90 Å². The first-order valence-electron chi connectivity index (χ1n) is 11.2. The number of amides is 1. The molecule has 0 radical (unpaired) electrons. The Bertz CT molecular complexity index is 794. The zero-order chi connectivity index (χ0) is 24.6. The lowest BCUT2D eigenvalue weighted by Crippen LogP contribution is -2.56. The SMILES string of the molecule is C=CCOC(=O)N1c2ccc(OCOCCOC)cc2C[C@H](O)[C@H]1CO[Si](C)(C)C(C)(C)C. The average Bonchev–Trinajstić information content (AvgIpc) is 2.74. The number of rotatable bonds is 11. The van der Waals surface area contributed by atoms with Gasteiger partial charge in [-0.3, -0.25) is 4.90 Å². The van der Waals surface area contributed by atoms with Crippen molar-refractivity contribution >= 4 is 20.1 Å². The molecule has 9 heteroatoms. The zero-order valence-corrected chi connectivity index (χ0v) is 21.8. The van der Waals surface area contributed by atoms with E-state index in [1.165, 1.54) is 11.0 Å². The molecular formula is C24H39NO7Si. The second-order valence-electron chi connectivity index (χ2n) is 9.60. The minimum Gasteiger partial charge on any atom is -0.468 e. The predicted octanol–water partition coefficient (Wildman–Crippen LogP) is 4.12. The smallest absolute Gasteiger partial charge is 0.415 e. The fourth-order valence-corrected chi connectivity index (χ4v) is 4.22. The number of hydrogen-bond acceptors (Lipinski definition) is 7. The van der Waals surface area contributed by atoms with Crippen molar-refractivity contribution in [1.82, 2.24) is 0 Å². The van der Waals surface area contributed by atoms with Gasteiger partial charge < -0.3 is 28.5 Å². The lowest BCUT2D eigenvalue weighted by molar-refractivity contribution is -0.00853. The van der Waals surface area contributed by atoms with E-state index in [4.69, 9.17) is 23.4 Å². The Morgan fingerprint density at radius 2 is 2.03 bits per heavy atom. The largest absolute Gasteiger partial charge is 0.468 e. The van der Waals surface area contributed by atoms with Crippen LogP contribution in [0.5, 0.6) is 5.75 Å². The van der Waals surface area contributed by atoms with Gasteiger partial charge in [0.1, 0.15) is 12.4 Å². The van der Waals surface area contributed by atoms with Gasteiger partial charge in [-0.25, -0.2) is 4.79 Å². The summed E-state index contributed by atoms with van der Waals surface area (Å²) in [5.41, 5.74) is 1.46. The van der Waals surface area contributed by atoms with Crippen molar-refractivity contribution < 1.29 is 33.3 Å². The Morgan fingerprint density at radius 3 is 2.67 bits per heavy atom. The first-order chi connectivity index (χ1) is 15.5. The van der Waals surface area contributed by atoms with E-state index in [0.29, 0.717) is 31.1 Å². The minimum atomic E-state index is -2.08. The van der Waals surface area contributed by atoms with Crippen LogP contribution in [0.4, 0.5) is 10.5 Å². The number of aliphatic hydroxyl groups excluding tert-OH is 1. The summed E-state index contributed by atoms with van der Waals surface area (Å²) in [5, 5.41) is 11.0. The van der Waals surface area contributed by atoms with Crippen molar-refractivity contribution in [3.05, 3.63) is 36.4 Å². The number of carbonyl (C=O) groups is 1. The molecular weight excluding hydrogens is 442 g/mol. The van der Waals surface area contributed by atoms with E-state index >= 15 is 0 Å². The summed E-state index contributed by atoms with van der Waals surface area (Å²) >= 11 is 0. The topological polar surface area (TPSA) is 86.7 Å². The number of hydrogen-bond donors (Lipinski definition) is 1. The average molecular weight is 482 g/mol. The molecule has 0 saturated heterocycles. The predicted molar refractivity (Wildman–Crippen MR) is 130 cm³/mol. The number of nitrogens with zero attached hydrogens (tertiary/aromatic N) is 1. The third kappa shape index (κ3) is 7.28. The van der Waals surface area contributed by atoms with Crippen LogP contribution in [0.1, 0.15) is 26.3 Å². The highest BCUT2D eigenvalue weighted by Gasteiger charge is 2.42. The number of carbonyl (C=O) groups excluding carboxylic acids is 1. The van der Waals surface area contributed by atoms with E-state index < -0.39 is 26.6 Å². The minimum absolute atomic E-state index is 0.0102. The van der Waals surface area contributed by atoms with Crippen molar-refractivity contribution in [3.8, 4) is 5.75 Å². The first kappa shape index (κ1) is 27.3. The van der Waals surface area contributed by atoms with E-state index in [1.54, 1.807) is 19.2 Å². The molecule has 2 rings (SSSR count). The van der Waals surface area contributed by atoms with Gasteiger partial charge in [0.25, 0.3) is 0 Å². The third-order valence-corrected chi connectivity index (χ3v) is 10.7. The molecule has 0 saturated carbocycles. The molecule has 0 bridgehead atoms. The normalized spacial score (nSPS) is 18.6. The molecule has 0 fully saturated rings. The number of anilines is 1. The molecule has 0 spiro atoms. The molecule has 1 aromatic carbocycles. The van der Waals surface area contributed by atoms with E-state index in [0.717, 1.165) is 5.56 Å². The Kier molecular flexibility index (Phi) is 9.93. The molecule has 33 heavy (non-hydrogen) atoms. The van der Waals surface area contributed by atoms with E-state index in [2.05, 4.69) is 40.4 Å². The first-order valence-corrected chi connectivity index (χ1v) is 14.1. The number of aliphatic hydroxyl groups is 1. The van der Waals surface area contributed by atoms with Crippen molar-refractivity contribution in [1.29, 1.82) is 0 Å². The number of methoxy groups -OCH3 is 1. The molecule has 1 amide bonds. The van der Waals surface area contributed by atoms with Crippen LogP contribution in [0.3, 0.4) is 0 Å². The number of ether oxygens (including phenoxy) is 4. The van der Waals surface area contributed by atoms with Gasteiger partial charge in [0.2, 0.25) is 0 Å². The van der Waals surface area contributed by atoms with Crippen LogP contribution in [0, 0.1) is 0 Å². The van der Waals surface area contributed by atoms with Crippen LogP contribution in [-0.4, -0.2) is 72.0 Å². The fraction of sp³-hybridized carbons (Fsp3) is 0.625. The highest BCUT2D eigenvalue weighted by molar-refractivity contribution is 6.74. The van der Waals surface area contributed by atoms with Crippen molar-refractivity contribution in [2.24, 2.45) is 0 Å². The molecule has 186 valence electrons. The lowest BCUT2D eigenvalue weighted by atomic mass is 9.93. The molecule has 2 atom stereocenters. The van der Waals surface area contributed by atoms with Gasteiger partial charge in [0.05, 0.1) is 37.7 Å². The molecule has 0 unspecified atom stereocenters. The summed E-state index contributed by atoms with van der Waals surface area (Å²) in [7, 11) is -0.476. The maximum Gasteiger partial charge on any atom is 0.415 e. The van der Waals surface area contributed by atoms with Gasteiger partial charge in [-0.15, -0.1) is 0 Å². The molecule has 0 aliphatic carbocycles. The highest BCUT2D eigenvalue weighted by Crippen LogP contribution is 2.39.